The van der Waals surface area contributed by atoms with E-state index in [-0.39, 0.29) is 23.8 Å². The average Bonchev–Trinajstić information content (AvgIpc) is 3.45. The van der Waals surface area contributed by atoms with E-state index in [9.17, 15) is 9.59 Å². The Bertz CT molecular complexity index is 655. The van der Waals surface area contributed by atoms with E-state index in [1.807, 2.05) is 4.90 Å². The van der Waals surface area contributed by atoms with Crippen LogP contribution in [0.5, 0.6) is 0 Å². The maximum atomic E-state index is 12.8. The van der Waals surface area contributed by atoms with Crippen LogP contribution in [0.1, 0.15) is 93.4 Å². The minimum absolute atomic E-state index is 0.158. The molecule has 0 bridgehead atoms. The number of aromatic nitrogens is 1. The Labute approximate surface area is 161 Å². The molecule has 6 heteroatoms. The van der Waals surface area contributed by atoms with Gasteiger partial charge < -0.3 is 14.6 Å². The van der Waals surface area contributed by atoms with E-state index in [1.54, 1.807) is 0 Å². The molecule has 3 fully saturated rings. The first kappa shape index (κ1) is 18.5. The van der Waals surface area contributed by atoms with Gasteiger partial charge in [0.05, 0.1) is 6.54 Å². The van der Waals surface area contributed by atoms with Gasteiger partial charge in [-0.2, -0.15) is 0 Å². The predicted octanol–water partition coefficient (Wildman–Crippen LogP) is 3.81. The van der Waals surface area contributed by atoms with Crippen molar-refractivity contribution >= 4 is 11.8 Å². The van der Waals surface area contributed by atoms with Crippen molar-refractivity contribution in [3.63, 3.8) is 0 Å². The van der Waals surface area contributed by atoms with Crippen molar-refractivity contribution in [3.05, 3.63) is 17.8 Å². The molecule has 0 saturated heterocycles. The van der Waals surface area contributed by atoms with Crippen molar-refractivity contribution in [2.24, 2.45) is 5.92 Å². The van der Waals surface area contributed by atoms with Gasteiger partial charge in [0.15, 0.2) is 5.69 Å². The third-order valence-corrected chi connectivity index (χ3v) is 6.26. The Morgan fingerprint density at radius 2 is 1.67 bits per heavy atom. The summed E-state index contributed by atoms with van der Waals surface area (Å²) in [6.45, 7) is 0.386. The summed E-state index contributed by atoms with van der Waals surface area (Å²) in [5.41, 5.74) is 0.332. The van der Waals surface area contributed by atoms with Gasteiger partial charge in [0.1, 0.15) is 6.26 Å². The SMILES string of the molecule is O=C(NC1CCCCC1)c1coc(CN(C(=O)C2CC2)C2CCCCC2)n1. The molecule has 0 spiro atoms. The van der Waals surface area contributed by atoms with E-state index in [0.29, 0.717) is 24.2 Å². The Hall–Kier alpha value is -1.85. The van der Waals surface area contributed by atoms with Crippen molar-refractivity contribution in [2.45, 2.75) is 95.7 Å². The number of nitrogens with zero attached hydrogens (tertiary/aromatic N) is 2. The number of carbonyl (C=O) groups is 2. The fraction of sp³-hybridized carbons (Fsp3) is 0.762. The van der Waals surface area contributed by atoms with Crippen LogP contribution in [0.15, 0.2) is 10.7 Å². The van der Waals surface area contributed by atoms with Crippen molar-refractivity contribution in [1.29, 1.82) is 0 Å². The topological polar surface area (TPSA) is 75.4 Å². The third kappa shape index (κ3) is 4.71. The van der Waals surface area contributed by atoms with Crippen LogP contribution >= 0.6 is 0 Å². The number of rotatable bonds is 6. The average molecular weight is 373 g/mol. The van der Waals surface area contributed by atoms with E-state index >= 15 is 0 Å². The molecule has 1 aromatic heterocycles. The summed E-state index contributed by atoms with van der Waals surface area (Å²) in [5.74, 6) is 0.752. The van der Waals surface area contributed by atoms with Crippen LogP contribution in [-0.2, 0) is 11.3 Å². The number of hydrogen-bond acceptors (Lipinski definition) is 4. The summed E-state index contributed by atoms with van der Waals surface area (Å²) in [4.78, 5) is 31.6. The summed E-state index contributed by atoms with van der Waals surface area (Å²) in [6.07, 6.45) is 14.9. The summed E-state index contributed by atoms with van der Waals surface area (Å²) in [6, 6.07) is 0.542. The van der Waals surface area contributed by atoms with E-state index < -0.39 is 0 Å². The summed E-state index contributed by atoms with van der Waals surface area (Å²) in [7, 11) is 0. The van der Waals surface area contributed by atoms with E-state index in [1.165, 1.54) is 44.8 Å². The highest BCUT2D eigenvalue weighted by atomic mass is 16.3. The maximum Gasteiger partial charge on any atom is 0.273 e. The summed E-state index contributed by atoms with van der Waals surface area (Å²) >= 11 is 0. The van der Waals surface area contributed by atoms with Gasteiger partial charge in [0.2, 0.25) is 11.8 Å². The maximum absolute atomic E-state index is 12.8. The van der Waals surface area contributed by atoms with Gasteiger partial charge in [-0.3, -0.25) is 9.59 Å². The molecule has 3 aliphatic carbocycles. The minimum Gasteiger partial charge on any atom is -0.446 e. The highest BCUT2D eigenvalue weighted by Crippen LogP contribution is 2.34. The summed E-state index contributed by atoms with van der Waals surface area (Å²) < 4.78 is 5.58. The molecule has 3 aliphatic rings. The van der Waals surface area contributed by atoms with Crippen molar-refractivity contribution < 1.29 is 14.0 Å². The summed E-state index contributed by atoms with van der Waals surface area (Å²) in [5, 5.41) is 3.07. The Kier molecular flexibility index (Phi) is 5.79. The molecule has 4 rings (SSSR count). The molecule has 1 aromatic rings. The van der Waals surface area contributed by atoms with Crippen LogP contribution in [-0.4, -0.2) is 33.8 Å². The normalized spacial score (nSPS) is 21.8. The number of nitrogens with one attached hydrogen (secondary N) is 1. The van der Waals surface area contributed by atoms with Crippen LogP contribution in [0.25, 0.3) is 0 Å². The first-order valence-corrected chi connectivity index (χ1v) is 10.8. The second-order valence-electron chi connectivity index (χ2n) is 8.47. The molecule has 0 aromatic carbocycles. The first-order valence-electron chi connectivity index (χ1n) is 10.8. The van der Waals surface area contributed by atoms with Gasteiger partial charge in [-0.25, -0.2) is 4.98 Å². The monoisotopic (exact) mass is 373 g/mol. The van der Waals surface area contributed by atoms with Gasteiger partial charge in [0.25, 0.3) is 5.91 Å². The lowest BCUT2D eigenvalue weighted by Gasteiger charge is -2.33. The van der Waals surface area contributed by atoms with Gasteiger partial charge in [-0.1, -0.05) is 38.5 Å². The van der Waals surface area contributed by atoms with Gasteiger partial charge in [-0.05, 0) is 38.5 Å². The van der Waals surface area contributed by atoms with Crippen LogP contribution < -0.4 is 5.32 Å². The smallest absolute Gasteiger partial charge is 0.273 e. The van der Waals surface area contributed by atoms with E-state index in [0.717, 1.165) is 38.5 Å². The third-order valence-electron chi connectivity index (χ3n) is 6.26. The largest absolute Gasteiger partial charge is 0.446 e. The number of amides is 2. The standard InChI is InChI=1S/C21H31N3O3/c25-20(22-16-7-3-1-4-8-16)18-14-27-19(23-18)13-24(21(26)15-11-12-15)17-9-5-2-6-10-17/h14-17H,1-13H2,(H,22,25). The second kappa shape index (κ2) is 8.44. The number of oxazole rings is 1. The van der Waals surface area contributed by atoms with Crippen LogP contribution in [0, 0.1) is 5.92 Å². The molecule has 1 heterocycles. The first-order chi connectivity index (χ1) is 13.2. The lowest BCUT2D eigenvalue weighted by Crippen LogP contribution is -2.42. The molecule has 27 heavy (non-hydrogen) atoms. The zero-order valence-electron chi connectivity index (χ0n) is 16.1. The highest BCUT2D eigenvalue weighted by molar-refractivity contribution is 5.92. The molecule has 2 amide bonds. The molecule has 148 valence electrons. The zero-order chi connectivity index (χ0) is 18.6. The van der Waals surface area contributed by atoms with Gasteiger partial charge in [0, 0.05) is 18.0 Å². The molecular formula is C21H31N3O3. The molecule has 0 radical (unpaired) electrons. The van der Waals surface area contributed by atoms with Crippen LogP contribution in [0.2, 0.25) is 0 Å². The van der Waals surface area contributed by atoms with Crippen LogP contribution in [0.3, 0.4) is 0 Å². The fourth-order valence-electron chi connectivity index (χ4n) is 4.48. The van der Waals surface area contributed by atoms with Crippen LogP contribution in [0.4, 0.5) is 0 Å². The van der Waals surface area contributed by atoms with Crippen molar-refractivity contribution in [1.82, 2.24) is 15.2 Å². The highest BCUT2D eigenvalue weighted by Gasteiger charge is 2.37. The lowest BCUT2D eigenvalue weighted by molar-refractivity contribution is -0.136. The van der Waals surface area contributed by atoms with Crippen molar-refractivity contribution in [3.8, 4) is 0 Å². The molecule has 0 unspecified atom stereocenters. The van der Waals surface area contributed by atoms with Crippen molar-refractivity contribution in [2.75, 3.05) is 0 Å². The molecule has 0 atom stereocenters. The van der Waals surface area contributed by atoms with E-state index in [2.05, 4.69) is 10.3 Å². The molecule has 1 N–H and O–H groups in total. The minimum atomic E-state index is -0.158. The van der Waals surface area contributed by atoms with Gasteiger partial charge in [-0.15, -0.1) is 0 Å². The number of hydrogen-bond donors (Lipinski definition) is 1. The molecule has 0 aliphatic heterocycles. The number of carbonyl (C=O) groups excluding carboxylic acids is 2. The fourth-order valence-corrected chi connectivity index (χ4v) is 4.48. The lowest BCUT2D eigenvalue weighted by atomic mass is 9.94. The molecule has 3 saturated carbocycles. The zero-order valence-corrected chi connectivity index (χ0v) is 16.1. The Morgan fingerprint density at radius 3 is 2.33 bits per heavy atom. The quantitative estimate of drug-likeness (QED) is 0.823. The Morgan fingerprint density at radius 1 is 1.00 bits per heavy atom. The van der Waals surface area contributed by atoms with E-state index in [4.69, 9.17) is 4.42 Å². The predicted molar refractivity (Wildman–Crippen MR) is 101 cm³/mol. The molecular weight excluding hydrogens is 342 g/mol. The molecule has 6 nitrogen and oxygen atoms in total. The van der Waals surface area contributed by atoms with Gasteiger partial charge >= 0.3 is 0 Å². The second-order valence-corrected chi connectivity index (χ2v) is 8.47. The Balaban J connectivity index is 1.39.